The molecule has 0 aromatic rings. The fourth-order valence-corrected chi connectivity index (χ4v) is 5.00. The SMILES string of the molecule is CCOC(=O)C(CCC(F)(F)C(F)(F)C(F)(F)C(F)(F)F)(C(=O)OCC)S(=O)(=O)CCC(F)(F)C(F)(F)C(F)(F)C(F)(F)F. The maximum atomic E-state index is 14.2. The first-order valence-electron chi connectivity index (χ1n) is 11.1. The maximum absolute atomic E-state index is 14.2. The van der Waals surface area contributed by atoms with Crippen LogP contribution in [0, 0.1) is 0 Å². The first kappa shape index (κ1) is 41.6. The van der Waals surface area contributed by atoms with E-state index in [0.717, 1.165) is 13.8 Å². The molecule has 0 aliphatic rings. The highest BCUT2D eigenvalue weighted by molar-refractivity contribution is 7.94. The number of carbonyl (C=O) groups excluding carboxylic acids is 2. The number of ether oxygens (including phenoxy) is 2. The van der Waals surface area contributed by atoms with Crippen LogP contribution < -0.4 is 0 Å². The molecule has 0 aromatic carbocycles. The molecule has 0 atom stereocenters. The highest BCUT2D eigenvalue weighted by Crippen LogP contribution is 2.56. The monoisotopic (exact) mass is 716 g/mol. The van der Waals surface area contributed by atoms with Crippen molar-refractivity contribution in [1.29, 1.82) is 0 Å². The lowest BCUT2D eigenvalue weighted by molar-refractivity contribution is -0.396. The summed E-state index contributed by atoms with van der Waals surface area (Å²) in [4.78, 5) is 25.0. The van der Waals surface area contributed by atoms with Crippen molar-refractivity contribution < 1.29 is 107 Å². The van der Waals surface area contributed by atoms with E-state index in [9.17, 15) is 97.0 Å². The standard InChI is InChI=1S/C19H18F18O6S/c1-3-42-9(38)11(10(39)43-4-2,5-6-12(20,21)14(24,25)16(28,29)18(32,33)34)44(40,41)8-7-13(22,23)15(26,27)17(30,31)19(35,36)37/h3-8H2,1-2H3. The number of carbonyl (C=O) groups is 2. The number of halogens is 18. The molecule has 6 nitrogen and oxygen atoms in total. The van der Waals surface area contributed by atoms with Crippen molar-refractivity contribution in [3.8, 4) is 0 Å². The molecule has 0 unspecified atom stereocenters. The van der Waals surface area contributed by atoms with E-state index in [0.29, 0.717) is 0 Å². The molecule has 0 aliphatic heterocycles. The number of hydrogen-bond acceptors (Lipinski definition) is 6. The van der Waals surface area contributed by atoms with Gasteiger partial charge in [0.05, 0.1) is 19.0 Å². The van der Waals surface area contributed by atoms with Gasteiger partial charge in [0.15, 0.2) is 9.84 Å². The molecule has 0 amide bonds. The highest BCUT2D eigenvalue weighted by Gasteiger charge is 2.83. The Morgan fingerprint density at radius 1 is 0.500 bits per heavy atom. The van der Waals surface area contributed by atoms with Gasteiger partial charge >= 0.3 is 59.8 Å². The average Bonchev–Trinajstić information content (AvgIpc) is 2.81. The lowest BCUT2D eigenvalue weighted by Gasteiger charge is -2.36. The highest BCUT2D eigenvalue weighted by atomic mass is 32.2. The van der Waals surface area contributed by atoms with E-state index in [1.165, 1.54) is 0 Å². The van der Waals surface area contributed by atoms with E-state index >= 15 is 0 Å². The van der Waals surface area contributed by atoms with Gasteiger partial charge in [-0.2, -0.15) is 79.0 Å². The van der Waals surface area contributed by atoms with Gasteiger partial charge in [-0.25, -0.2) is 18.0 Å². The minimum absolute atomic E-state index is 0.723. The molecule has 262 valence electrons. The van der Waals surface area contributed by atoms with Crippen molar-refractivity contribution in [2.75, 3.05) is 19.0 Å². The molecule has 0 N–H and O–H groups in total. The third kappa shape index (κ3) is 6.89. The van der Waals surface area contributed by atoms with Crippen molar-refractivity contribution in [2.45, 2.75) is 85.7 Å². The summed E-state index contributed by atoms with van der Waals surface area (Å²) in [6.07, 6.45) is -24.5. The molecule has 0 bridgehead atoms. The summed E-state index contributed by atoms with van der Waals surface area (Å²) in [6, 6.07) is 0. The van der Waals surface area contributed by atoms with Crippen LogP contribution >= 0.6 is 0 Å². The van der Waals surface area contributed by atoms with Crippen LogP contribution in [-0.2, 0) is 28.9 Å². The predicted molar refractivity (Wildman–Crippen MR) is 105 cm³/mol. The second-order valence-electron chi connectivity index (χ2n) is 8.54. The number of hydrogen-bond donors (Lipinski definition) is 0. The van der Waals surface area contributed by atoms with Crippen molar-refractivity contribution >= 4 is 21.8 Å². The molecule has 0 aliphatic carbocycles. The molecule has 0 fully saturated rings. The Labute approximate surface area is 233 Å². The molecule has 0 spiro atoms. The van der Waals surface area contributed by atoms with Gasteiger partial charge in [0.1, 0.15) is 0 Å². The molecule has 0 rings (SSSR count). The van der Waals surface area contributed by atoms with Crippen LogP contribution in [0.1, 0.15) is 33.1 Å². The Balaban J connectivity index is 7.11. The zero-order valence-electron chi connectivity index (χ0n) is 21.4. The van der Waals surface area contributed by atoms with Gasteiger partial charge in [-0.3, -0.25) is 0 Å². The van der Waals surface area contributed by atoms with E-state index < -0.39 is 113 Å². The number of rotatable bonds is 15. The van der Waals surface area contributed by atoms with Crippen LogP contribution in [0.4, 0.5) is 79.0 Å². The van der Waals surface area contributed by atoms with Crippen LogP contribution in [0.2, 0.25) is 0 Å². The Morgan fingerprint density at radius 3 is 1.07 bits per heavy atom. The molecule has 0 aromatic heterocycles. The number of esters is 2. The summed E-state index contributed by atoms with van der Waals surface area (Å²) in [5.41, 5.74) is 0. The molecule has 0 saturated heterocycles. The molecule has 0 heterocycles. The number of alkyl halides is 18. The van der Waals surface area contributed by atoms with E-state index in [-0.39, 0.29) is 0 Å². The van der Waals surface area contributed by atoms with Crippen LogP contribution in [0.3, 0.4) is 0 Å². The fraction of sp³-hybridized carbons (Fsp3) is 0.895. The minimum atomic E-state index is -7.60. The molecular weight excluding hydrogens is 698 g/mol. The van der Waals surface area contributed by atoms with E-state index in [2.05, 4.69) is 9.47 Å². The second kappa shape index (κ2) is 12.4. The van der Waals surface area contributed by atoms with Gasteiger partial charge in [0, 0.05) is 12.8 Å². The van der Waals surface area contributed by atoms with Gasteiger partial charge in [0.25, 0.3) is 4.75 Å². The lowest BCUT2D eigenvalue weighted by atomic mass is 9.93. The quantitative estimate of drug-likeness (QED) is 0.111. The molecular formula is C19H18F18O6S. The van der Waals surface area contributed by atoms with Crippen molar-refractivity contribution in [3.63, 3.8) is 0 Å². The fourth-order valence-electron chi connectivity index (χ4n) is 3.09. The summed E-state index contributed by atoms with van der Waals surface area (Å²) in [7, 11) is -6.71. The lowest BCUT2D eigenvalue weighted by Crippen LogP contribution is -2.63. The van der Waals surface area contributed by atoms with Gasteiger partial charge in [-0.15, -0.1) is 0 Å². The first-order valence-corrected chi connectivity index (χ1v) is 12.7. The Bertz CT molecular complexity index is 1120. The third-order valence-corrected chi connectivity index (χ3v) is 7.98. The van der Waals surface area contributed by atoms with Gasteiger partial charge < -0.3 is 9.47 Å². The smallest absolute Gasteiger partial charge is 0.460 e. The van der Waals surface area contributed by atoms with E-state index in [1.54, 1.807) is 0 Å². The topological polar surface area (TPSA) is 86.7 Å². The summed E-state index contributed by atoms with van der Waals surface area (Å²) < 4.78 is 267. The summed E-state index contributed by atoms with van der Waals surface area (Å²) >= 11 is 0. The number of sulfone groups is 1. The first-order chi connectivity index (χ1) is 19.1. The largest absolute Gasteiger partial charge is 0.464 e. The van der Waals surface area contributed by atoms with Crippen LogP contribution in [0.25, 0.3) is 0 Å². The van der Waals surface area contributed by atoms with Crippen molar-refractivity contribution in [3.05, 3.63) is 0 Å². The average molecular weight is 716 g/mol. The molecule has 44 heavy (non-hydrogen) atoms. The molecule has 0 radical (unpaired) electrons. The van der Waals surface area contributed by atoms with Crippen LogP contribution in [-0.4, -0.2) is 92.0 Å². The minimum Gasteiger partial charge on any atom is -0.464 e. The van der Waals surface area contributed by atoms with Crippen molar-refractivity contribution in [2.24, 2.45) is 0 Å². The van der Waals surface area contributed by atoms with Crippen LogP contribution in [0.5, 0.6) is 0 Å². The van der Waals surface area contributed by atoms with Crippen LogP contribution in [0.15, 0.2) is 0 Å². The summed E-state index contributed by atoms with van der Waals surface area (Å²) in [6.45, 7) is -0.831. The van der Waals surface area contributed by atoms with E-state index in [4.69, 9.17) is 0 Å². The Hall–Kier alpha value is -2.37. The zero-order valence-corrected chi connectivity index (χ0v) is 22.2. The normalized spacial score (nSPS) is 15.3. The zero-order chi connectivity index (χ0) is 35.8. The van der Waals surface area contributed by atoms with Gasteiger partial charge in [-0.05, 0) is 20.3 Å². The second-order valence-corrected chi connectivity index (χ2v) is 10.9. The van der Waals surface area contributed by atoms with Gasteiger partial charge in [0.2, 0.25) is 0 Å². The Morgan fingerprint density at radius 2 is 0.795 bits per heavy atom. The van der Waals surface area contributed by atoms with Crippen molar-refractivity contribution in [1.82, 2.24) is 0 Å². The molecule has 0 saturated carbocycles. The summed E-state index contributed by atoms with van der Waals surface area (Å²) in [5, 5.41) is 0. The van der Waals surface area contributed by atoms with E-state index in [1.807, 2.05) is 0 Å². The molecule has 25 heteroatoms. The third-order valence-electron chi connectivity index (χ3n) is 5.64. The summed E-state index contributed by atoms with van der Waals surface area (Å²) in [5.74, 6) is -52.3. The maximum Gasteiger partial charge on any atom is 0.460 e. The Kier molecular flexibility index (Phi) is 11.8. The van der Waals surface area contributed by atoms with Gasteiger partial charge in [-0.1, -0.05) is 0 Å². The predicted octanol–water partition coefficient (Wildman–Crippen LogP) is 6.37.